The lowest BCUT2D eigenvalue weighted by Crippen LogP contribution is -2.41. The number of para-hydroxylation sites is 1. The lowest BCUT2D eigenvalue weighted by Gasteiger charge is -2.32. The van der Waals surface area contributed by atoms with Crippen molar-refractivity contribution < 1.29 is 4.92 Å². The summed E-state index contributed by atoms with van der Waals surface area (Å²) in [6, 6.07) is 7.98. The van der Waals surface area contributed by atoms with E-state index in [0.29, 0.717) is 11.6 Å². The zero-order valence-corrected chi connectivity index (χ0v) is 15.4. The van der Waals surface area contributed by atoms with Crippen molar-refractivity contribution in [2.24, 2.45) is 0 Å². The molecule has 1 aromatic carbocycles. The number of hydrogen-bond acceptors (Lipinski definition) is 5. The van der Waals surface area contributed by atoms with Crippen LogP contribution in [0.15, 0.2) is 24.3 Å². The second kappa shape index (κ2) is 7.19. The number of pyridine rings is 1. The van der Waals surface area contributed by atoms with E-state index in [-0.39, 0.29) is 10.6 Å². The molecule has 6 heteroatoms. The van der Waals surface area contributed by atoms with Crippen molar-refractivity contribution in [3.63, 3.8) is 0 Å². The van der Waals surface area contributed by atoms with Crippen LogP contribution in [0, 0.1) is 17.0 Å². The summed E-state index contributed by atoms with van der Waals surface area (Å²) in [7, 11) is 0. The molecular weight excluding hydrogens is 328 g/mol. The van der Waals surface area contributed by atoms with Gasteiger partial charge in [0.25, 0.3) is 5.69 Å². The third-order valence-electron chi connectivity index (χ3n) is 5.77. The molecule has 0 N–H and O–H groups in total. The molecule has 3 heterocycles. The number of nitro groups is 1. The molecule has 2 fully saturated rings. The quantitative estimate of drug-likeness (QED) is 0.618. The average Bonchev–Trinajstić information content (AvgIpc) is 3.05. The summed E-state index contributed by atoms with van der Waals surface area (Å²) in [4.78, 5) is 20.7. The minimum Gasteiger partial charge on any atom is -0.369 e. The molecule has 0 aliphatic carbocycles. The SMILES string of the molecule is Cc1cc(N2CCCCC(N3CCCC3)C2)c2cccc([N+](=O)[O-])c2n1. The van der Waals surface area contributed by atoms with Crippen molar-refractivity contribution >= 4 is 22.3 Å². The molecule has 0 saturated carbocycles. The molecule has 2 aromatic rings. The molecule has 0 bridgehead atoms. The molecule has 1 atom stereocenters. The third kappa shape index (κ3) is 3.26. The normalized spacial score (nSPS) is 21.9. The standard InChI is InChI=1S/C20H26N4O2/c1-15-13-19(17-8-6-9-18(24(25)26)20(17)21-15)23-12-3-2-7-16(14-23)22-10-4-5-11-22/h6,8-9,13,16H,2-5,7,10-12,14H2,1H3. The Morgan fingerprint density at radius 2 is 1.92 bits per heavy atom. The van der Waals surface area contributed by atoms with Crippen LogP contribution < -0.4 is 4.90 Å². The number of nitrogens with zero attached hydrogens (tertiary/aromatic N) is 4. The number of aryl methyl sites for hydroxylation is 1. The number of non-ortho nitro benzene ring substituents is 1. The third-order valence-corrected chi connectivity index (χ3v) is 5.77. The Labute approximate surface area is 154 Å². The van der Waals surface area contributed by atoms with Gasteiger partial charge in [-0.1, -0.05) is 18.6 Å². The Bertz CT molecular complexity index is 817. The van der Waals surface area contributed by atoms with Gasteiger partial charge in [-0.15, -0.1) is 0 Å². The van der Waals surface area contributed by atoms with Gasteiger partial charge in [0.15, 0.2) is 5.52 Å². The van der Waals surface area contributed by atoms with Gasteiger partial charge < -0.3 is 4.90 Å². The number of nitro benzene ring substituents is 1. The first-order chi connectivity index (χ1) is 12.6. The highest BCUT2D eigenvalue weighted by atomic mass is 16.6. The number of anilines is 1. The molecule has 138 valence electrons. The topological polar surface area (TPSA) is 62.5 Å². The van der Waals surface area contributed by atoms with E-state index in [2.05, 4.69) is 20.9 Å². The molecule has 26 heavy (non-hydrogen) atoms. The highest BCUT2D eigenvalue weighted by Gasteiger charge is 2.27. The number of aromatic nitrogens is 1. The molecule has 6 nitrogen and oxygen atoms in total. The largest absolute Gasteiger partial charge is 0.369 e. The van der Waals surface area contributed by atoms with E-state index in [0.717, 1.165) is 29.9 Å². The first-order valence-electron chi connectivity index (χ1n) is 9.67. The fourth-order valence-electron chi connectivity index (χ4n) is 4.49. The van der Waals surface area contributed by atoms with Crippen molar-refractivity contribution in [1.29, 1.82) is 0 Å². The summed E-state index contributed by atoms with van der Waals surface area (Å²) < 4.78 is 0. The molecule has 1 aromatic heterocycles. The fraction of sp³-hybridized carbons (Fsp3) is 0.550. The van der Waals surface area contributed by atoms with Gasteiger partial charge in [-0.2, -0.15) is 0 Å². The smallest absolute Gasteiger partial charge is 0.295 e. The van der Waals surface area contributed by atoms with E-state index >= 15 is 0 Å². The summed E-state index contributed by atoms with van der Waals surface area (Å²) in [6.45, 7) is 6.35. The van der Waals surface area contributed by atoms with E-state index < -0.39 is 0 Å². The number of likely N-dealkylation sites (tertiary alicyclic amines) is 1. The zero-order chi connectivity index (χ0) is 18.1. The maximum Gasteiger partial charge on any atom is 0.295 e. The molecule has 0 amide bonds. The monoisotopic (exact) mass is 354 g/mol. The van der Waals surface area contributed by atoms with Gasteiger partial charge in [0.05, 0.1) is 4.92 Å². The van der Waals surface area contributed by atoms with Gasteiger partial charge in [-0.25, -0.2) is 4.98 Å². The Morgan fingerprint density at radius 3 is 2.69 bits per heavy atom. The molecule has 2 aliphatic heterocycles. The van der Waals surface area contributed by atoms with Crippen LogP contribution in [-0.4, -0.2) is 47.0 Å². The second-order valence-corrected chi connectivity index (χ2v) is 7.55. The first kappa shape index (κ1) is 17.2. The maximum absolute atomic E-state index is 11.4. The Hall–Kier alpha value is -2.21. The van der Waals surface area contributed by atoms with Crippen LogP contribution in [0.3, 0.4) is 0 Å². The lowest BCUT2D eigenvalue weighted by molar-refractivity contribution is -0.383. The van der Waals surface area contributed by atoms with Gasteiger partial charge in [0.2, 0.25) is 0 Å². The summed E-state index contributed by atoms with van der Waals surface area (Å²) in [5.41, 5.74) is 2.54. The van der Waals surface area contributed by atoms with Crippen LogP contribution in [0.1, 0.15) is 37.8 Å². The number of fused-ring (bicyclic) bond motifs is 1. The van der Waals surface area contributed by atoms with E-state index in [1.54, 1.807) is 12.1 Å². The molecule has 0 radical (unpaired) electrons. The number of rotatable bonds is 3. The van der Waals surface area contributed by atoms with E-state index in [1.165, 1.54) is 45.2 Å². The molecule has 2 aliphatic rings. The highest BCUT2D eigenvalue weighted by Crippen LogP contribution is 2.34. The van der Waals surface area contributed by atoms with Crippen molar-refractivity contribution in [3.05, 3.63) is 40.1 Å². The summed E-state index contributed by atoms with van der Waals surface area (Å²) in [5, 5.41) is 12.3. The van der Waals surface area contributed by atoms with E-state index in [4.69, 9.17) is 0 Å². The van der Waals surface area contributed by atoms with Crippen molar-refractivity contribution in [3.8, 4) is 0 Å². The number of benzene rings is 1. The van der Waals surface area contributed by atoms with E-state index in [1.807, 2.05) is 13.0 Å². The second-order valence-electron chi connectivity index (χ2n) is 7.55. The van der Waals surface area contributed by atoms with Crippen LogP contribution in [0.25, 0.3) is 10.9 Å². The molecular formula is C20H26N4O2. The Kier molecular flexibility index (Phi) is 4.76. The summed E-state index contributed by atoms with van der Waals surface area (Å²) >= 11 is 0. The summed E-state index contributed by atoms with van der Waals surface area (Å²) in [5.74, 6) is 0. The van der Waals surface area contributed by atoms with Gasteiger partial charge >= 0.3 is 0 Å². The van der Waals surface area contributed by atoms with Gasteiger partial charge in [0, 0.05) is 42.0 Å². The predicted molar refractivity (Wildman–Crippen MR) is 104 cm³/mol. The van der Waals surface area contributed by atoms with Crippen molar-refractivity contribution in [1.82, 2.24) is 9.88 Å². The van der Waals surface area contributed by atoms with Crippen LogP contribution >= 0.6 is 0 Å². The van der Waals surface area contributed by atoms with Crippen LogP contribution in [0.5, 0.6) is 0 Å². The molecule has 4 rings (SSSR count). The summed E-state index contributed by atoms with van der Waals surface area (Å²) in [6.07, 6.45) is 6.28. The minimum absolute atomic E-state index is 0.0957. The van der Waals surface area contributed by atoms with E-state index in [9.17, 15) is 10.1 Å². The number of hydrogen-bond donors (Lipinski definition) is 0. The van der Waals surface area contributed by atoms with Gasteiger partial charge in [0.1, 0.15) is 0 Å². The van der Waals surface area contributed by atoms with Crippen LogP contribution in [0.4, 0.5) is 11.4 Å². The van der Waals surface area contributed by atoms with Crippen molar-refractivity contribution in [2.75, 3.05) is 31.1 Å². The van der Waals surface area contributed by atoms with Crippen LogP contribution in [-0.2, 0) is 0 Å². The first-order valence-corrected chi connectivity index (χ1v) is 9.67. The molecule has 0 spiro atoms. The lowest BCUT2D eigenvalue weighted by atomic mass is 10.1. The van der Waals surface area contributed by atoms with Gasteiger partial charge in [-0.3, -0.25) is 15.0 Å². The van der Waals surface area contributed by atoms with Gasteiger partial charge in [-0.05, 0) is 51.8 Å². The predicted octanol–water partition coefficient (Wildman–Crippen LogP) is 3.91. The highest BCUT2D eigenvalue weighted by molar-refractivity contribution is 5.97. The Morgan fingerprint density at radius 1 is 1.15 bits per heavy atom. The van der Waals surface area contributed by atoms with Crippen LogP contribution in [0.2, 0.25) is 0 Å². The zero-order valence-electron chi connectivity index (χ0n) is 15.4. The Balaban J connectivity index is 1.74. The van der Waals surface area contributed by atoms with Crippen molar-refractivity contribution in [2.45, 2.75) is 45.1 Å². The minimum atomic E-state index is -0.325. The average molecular weight is 354 g/mol. The molecule has 2 saturated heterocycles. The fourth-order valence-corrected chi connectivity index (χ4v) is 4.49. The maximum atomic E-state index is 11.4. The molecule has 1 unspecified atom stereocenters.